The summed E-state index contributed by atoms with van der Waals surface area (Å²) in [6.45, 7) is 9.20. The predicted octanol–water partition coefficient (Wildman–Crippen LogP) is 3.13. The van der Waals surface area contributed by atoms with Crippen LogP contribution in [0.15, 0.2) is 12.1 Å². The first-order valence-electron chi connectivity index (χ1n) is 9.01. The highest BCUT2D eigenvalue weighted by Gasteiger charge is 2.28. The average Bonchev–Trinajstić information content (AvgIpc) is 2.53. The van der Waals surface area contributed by atoms with Gasteiger partial charge in [-0.25, -0.2) is 4.79 Å². The van der Waals surface area contributed by atoms with Crippen LogP contribution in [-0.2, 0) is 17.7 Å². The van der Waals surface area contributed by atoms with Gasteiger partial charge in [0, 0.05) is 24.5 Å². The number of amides is 1. The predicted molar refractivity (Wildman–Crippen MR) is 101 cm³/mol. The number of hydrogen-bond acceptors (Lipinski definition) is 5. The molecular formula is C19H31N3O3. The molecule has 0 aliphatic carbocycles. The lowest BCUT2D eigenvalue weighted by molar-refractivity contribution is 0.0224. The van der Waals surface area contributed by atoms with Gasteiger partial charge in [0.15, 0.2) is 0 Å². The van der Waals surface area contributed by atoms with E-state index in [1.807, 2.05) is 32.9 Å². The van der Waals surface area contributed by atoms with Crippen LogP contribution in [0.5, 0.6) is 0 Å². The molecule has 0 spiro atoms. The largest absolute Gasteiger partial charge is 0.444 e. The van der Waals surface area contributed by atoms with Crippen molar-refractivity contribution in [3.05, 3.63) is 23.3 Å². The zero-order chi connectivity index (χ0) is 18.6. The van der Waals surface area contributed by atoms with Gasteiger partial charge < -0.3 is 25.8 Å². The van der Waals surface area contributed by atoms with Crippen molar-refractivity contribution in [2.75, 3.05) is 24.1 Å². The summed E-state index contributed by atoms with van der Waals surface area (Å²) in [6, 6.07) is 3.81. The molecule has 1 aromatic rings. The maximum atomic E-state index is 12.3. The standard InChI is InChI=1S/C19H31N3O3/c1-5-6-13(23)11-21-17-8-7-16(20)15-12-22(10-9-14(15)17)18(24)25-19(2,3)4/h7-8,13,21,23H,5-6,9-12,20H2,1-4H3. The fourth-order valence-electron chi connectivity index (χ4n) is 3.01. The number of nitrogens with zero attached hydrogens (tertiary/aromatic N) is 1. The highest BCUT2D eigenvalue weighted by Crippen LogP contribution is 2.31. The number of fused-ring (bicyclic) bond motifs is 1. The molecule has 1 aliphatic heterocycles. The summed E-state index contributed by atoms with van der Waals surface area (Å²) in [5, 5.41) is 13.3. The number of ether oxygens (including phenoxy) is 1. The Morgan fingerprint density at radius 2 is 2.12 bits per heavy atom. The van der Waals surface area contributed by atoms with Crippen molar-refractivity contribution in [3.63, 3.8) is 0 Å². The number of carbonyl (C=O) groups excluding carboxylic acids is 1. The van der Waals surface area contributed by atoms with Crippen LogP contribution in [0.4, 0.5) is 16.2 Å². The van der Waals surface area contributed by atoms with Crippen LogP contribution in [0.2, 0.25) is 0 Å². The first kappa shape index (κ1) is 19.4. The van der Waals surface area contributed by atoms with Crippen LogP contribution >= 0.6 is 0 Å². The Kier molecular flexibility index (Phi) is 6.16. The second kappa shape index (κ2) is 7.95. The molecule has 0 saturated heterocycles. The quantitative estimate of drug-likeness (QED) is 0.711. The molecule has 25 heavy (non-hydrogen) atoms. The summed E-state index contributed by atoms with van der Waals surface area (Å²) in [5.74, 6) is 0. The maximum absolute atomic E-state index is 12.3. The molecular weight excluding hydrogens is 318 g/mol. The Morgan fingerprint density at radius 1 is 1.40 bits per heavy atom. The zero-order valence-corrected chi connectivity index (χ0v) is 15.8. The first-order valence-corrected chi connectivity index (χ1v) is 9.01. The van der Waals surface area contributed by atoms with Gasteiger partial charge in [0.1, 0.15) is 5.60 Å². The Balaban J connectivity index is 2.11. The van der Waals surface area contributed by atoms with Gasteiger partial charge in [-0.15, -0.1) is 0 Å². The molecule has 1 atom stereocenters. The van der Waals surface area contributed by atoms with E-state index in [0.717, 1.165) is 29.7 Å². The topological polar surface area (TPSA) is 87.8 Å². The number of benzene rings is 1. The van der Waals surface area contributed by atoms with Crippen LogP contribution in [-0.4, -0.2) is 40.9 Å². The lowest BCUT2D eigenvalue weighted by atomic mass is 9.96. The fourth-order valence-corrected chi connectivity index (χ4v) is 3.01. The minimum Gasteiger partial charge on any atom is -0.444 e. The monoisotopic (exact) mass is 349 g/mol. The highest BCUT2D eigenvalue weighted by molar-refractivity contribution is 5.71. The van der Waals surface area contributed by atoms with Crippen molar-refractivity contribution in [2.24, 2.45) is 0 Å². The third kappa shape index (κ3) is 5.26. The molecule has 1 amide bonds. The molecule has 2 rings (SSSR count). The molecule has 1 aromatic carbocycles. The summed E-state index contributed by atoms with van der Waals surface area (Å²) >= 11 is 0. The molecule has 0 fully saturated rings. The van der Waals surface area contributed by atoms with Crippen molar-refractivity contribution in [2.45, 2.75) is 65.2 Å². The van der Waals surface area contributed by atoms with E-state index < -0.39 is 5.60 Å². The Morgan fingerprint density at radius 3 is 2.76 bits per heavy atom. The van der Waals surface area contributed by atoms with Gasteiger partial charge in [0.2, 0.25) is 0 Å². The third-order valence-corrected chi connectivity index (χ3v) is 4.25. The van der Waals surface area contributed by atoms with Gasteiger partial charge >= 0.3 is 6.09 Å². The van der Waals surface area contributed by atoms with E-state index in [-0.39, 0.29) is 12.2 Å². The minimum absolute atomic E-state index is 0.311. The zero-order valence-electron chi connectivity index (χ0n) is 15.8. The van der Waals surface area contributed by atoms with Crippen molar-refractivity contribution in [3.8, 4) is 0 Å². The van der Waals surface area contributed by atoms with Crippen LogP contribution in [0.25, 0.3) is 0 Å². The molecule has 1 heterocycles. The van der Waals surface area contributed by atoms with Gasteiger partial charge in [-0.1, -0.05) is 13.3 Å². The van der Waals surface area contributed by atoms with Gasteiger partial charge in [-0.2, -0.15) is 0 Å². The number of aliphatic hydroxyl groups is 1. The van der Waals surface area contributed by atoms with Crippen LogP contribution in [0.3, 0.4) is 0 Å². The number of hydrogen-bond donors (Lipinski definition) is 3. The lowest BCUT2D eigenvalue weighted by Crippen LogP contribution is -2.40. The SMILES string of the molecule is CCCC(O)CNc1ccc(N)c2c1CCN(C(=O)OC(C)(C)C)C2. The Labute approximate surface area is 150 Å². The molecule has 0 radical (unpaired) electrons. The maximum Gasteiger partial charge on any atom is 0.410 e. The van der Waals surface area contributed by atoms with Crippen molar-refractivity contribution in [1.29, 1.82) is 0 Å². The van der Waals surface area contributed by atoms with E-state index in [1.54, 1.807) is 4.90 Å². The molecule has 0 saturated carbocycles. The summed E-state index contributed by atoms with van der Waals surface area (Å²) in [6.07, 6.45) is 1.77. The number of anilines is 2. The fraction of sp³-hybridized carbons (Fsp3) is 0.632. The molecule has 1 aliphatic rings. The molecule has 6 nitrogen and oxygen atoms in total. The van der Waals surface area contributed by atoms with Crippen molar-refractivity contribution < 1.29 is 14.6 Å². The summed E-state index contributed by atoms with van der Waals surface area (Å²) in [7, 11) is 0. The minimum atomic E-state index is -0.512. The summed E-state index contributed by atoms with van der Waals surface area (Å²) in [4.78, 5) is 14.0. The van der Waals surface area contributed by atoms with Crippen LogP contribution in [0.1, 0.15) is 51.7 Å². The Hall–Kier alpha value is -1.95. The van der Waals surface area contributed by atoms with Gasteiger partial charge in [0.25, 0.3) is 0 Å². The van der Waals surface area contributed by atoms with E-state index >= 15 is 0 Å². The van der Waals surface area contributed by atoms with E-state index in [1.165, 1.54) is 0 Å². The first-order chi connectivity index (χ1) is 11.7. The van der Waals surface area contributed by atoms with E-state index in [0.29, 0.717) is 31.7 Å². The number of carbonyl (C=O) groups is 1. The van der Waals surface area contributed by atoms with E-state index in [4.69, 9.17) is 10.5 Å². The molecule has 140 valence electrons. The molecule has 6 heteroatoms. The van der Waals surface area contributed by atoms with Gasteiger partial charge in [-0.3, -0.25) is 0 Å². The Bertz CT molecular complexity index is 611. The highest BCUT2D eigenvalue weighted by atomic mass is 16.6. The number of aliphatic hydroxyl groups excluding tert-OH is 1. The smallest absolute Gasteiger partial charge is 0.410 e. The number of nitrogen functional groups attached to an aromatic ring is 1. The van der Waals surface area contributed by atoms with Crippen LogP contribution < -0.4 is 11.1 Å². The summed E-state index contributed by atoms with van der Waals surface area (Å²) in [5.41, 5.74) is 9.40. The number of nitrogens with one attached hydrogen (secondary N) is 1. The number of nitrogens with two attached hydrogens (primary N) is 1. The molecule has 0 bridgehead atoms. The molecule has 1 unspecified atom stereocenters. The lowest BCUT2D eigenvalue weighted by Gasteiger charge is -2.33. The van der Waals surface area contributed by atoms with Crippen LogP contribution in [0, 0.1) is 0 Å². The molecule has 0 aromatic heterocycles. The average molecular weight is 349 g/mol. The summed E-state index contributed by atoms with van der Waals surface area (Å²) < 4.78 is 5.47. The van der Waals surface area contributed by atoms with E-state index in [2.05, 4.69) is 12.2 Å². The van der Waals surface area contributed by atoms with Gasteiger partial charge in [0.05, 0.1) is 12.6 Å². The molecule has 4 N–H and O–H groups in total. The van der Waals surface area contributed by atoms with Crippen molar-refractivity contribution in [1.82, 2.24) is 4.90 Å². The third-order valence-electron chi connectivity index (χ3n) is 4.25. The van der Waals surface area contributed by atoms with E-state index in [9.17, 15) is 9.90 Å². The second-order valence-corrected chi connectivity index (χ2v) is 7.63. The van der Waals surface area contributed by atoms with Crippen molar-refractivity contribution >= 4 is 17.5 Å². The van der Waals surface area contributed by atoms with Gasteiger partial charge in [-0.05, 0) is 56.9 Å². The number of rotatable bonds is 5. The second-order valence-electron chi connectivity index (χ2n) is 7.63. The normalized spacial score (nSPS) is 15.5.